The number of hydrogen-bond acceptors (Lipinski definition) is 5. The molecule has 20 heavy (non-hydrogen) atoms. The van der Waals surface area contributed by atoms with Crippen molar-refractivity contribution in [3.8, 4) is 0 Å². The van der Waals surface area contributed by atoms with E-state index in [1.165, 1.54) is 23.1 Å². The molecule has 0 spiro atoms. The van der Waals surface area contributed by atoms with Crippen LogP contribution in [0.2, 0.25) is 0 Å². The van der Waals surface area contributed by atoms with Gasteiger partial charge in [0, 0.05) is 16.0 Å². The van der Waals surface area contributed by atoms with E-state index in [4.69, 9.17) is 5.41 Å². The molecule has 1 saturated heterocycles. The second kappa shape index (κ2) is 5.63. The number of halogens is 1. The molecule has 100 valence electrons. The molecule has 3 rings (SSSR count). The zero-order valence-electron chi connectivity index (χ0n) is 10.2. The van der Waals surface area contributed by atoms with Crippen LogP contribution in [0.4, 0.5) is 0 Å². The summed E-state index contributed by atoms with van der Waals surface area (Å²) in [6.45, 7) is 0. The van der Waals surface area contributed by atoms with Gasteiger partial charge in [-0.25, -0.2) is 4.98 Å². The van der Waals surface area contributed by atoms with Gasteiger partial charge in [-0.15, -0.1) is 11.3 Å². The highest BCUT2D eigenvalue weighted by Gasteiger charge is 2.38. The molecule has 1 aromatic heterocycles. The van der Waals surface area contributed by atoms with Gasteiger partial charge in [0.2, 0.25) is 0 Å². The normalized spacial score (nSPS) is 20.9. The molecule has 1 aliphatic heterocycles. The fourth-order valence-electron chi connectivity index (χ4n) is 1.94. The summed E-state index contributed by atoms with van der Waals surface area (Å²) in [5, 5.41) is 10.9. The van der Waals surface area contributed by atoms with Crippen molar-refractivity contribution in [1.82, 2.24) is 4.98 Å². The Morgan fingerprint density at radius 1 is 1.40 bits per heavy atom. The molecule has 2 aromatic rings. The third kappa shape index (κ3) is 2.63. The first kappa shape index (κ1) is 13.7. The van der Waals surface area contributed by atoms with E-state index >= 15 is 0 Å². The SMILES string of the molecule is N=C1SC(=Cc2cccc(Br)c2)C(=O)C1c1nccs1. The fraction of sp³-hybridized carbons (Fsp3) is 0.0714. The first-order valence-electron chi connectivity index (χ1n) is 5.82. The third-order valence-electron chi connectivity index (χ3n) is 2.83. The number of ketones is 1. The molecule has 0 radical (unpaired) electrons. The number of nitrogens with one attached hydrogen (secondary N) is 1. The summed E-state index contributed by atoms with van der Waals surface area (Å²) in [7, 11) is 0. The van der Waals surface area contributed by atoms with Crippen LogP contribution in [0.25, 0.3) is 6.08 Å². The highest BCUT2D eigenvalue weighted by atomic mass is 79.9. The van der Waals surface area contributed by atoms with Gasteiger partial charge in [-0.3, -0.25) is 10.2 Å². The summed E-state index contributed by atoms with van der Waals surface area (Å²) in [5.74, 6) is -0.548. The number of nitrogens with zero attached hydrogens (tertiary/aromatic N) is 1. The van der Waals surface area contributed by atoms with Crippen molar-refractivity contribution in [3.05, 3.63) is 55.8 Å². The van der Waals surface area contributed by atoms with Gasteiger partial charge < -0.3 is 0 Å². The number of rotatable bonds is 2. The molecule has 0 amide bonds. The molecule has 1 N–H and O–H groups in total. The lowest BCUT2D eigenvalue weighted by Gasteiger charge is -2.01. The van der Waals surface area contributed by atoms with Crippen LogP contribution < -0.4 is 0 Å². The fourth-order valence-corrected chi connectivity index (χ4v) is 4.16. The van der Waals surface area contributed by atoms with Crippen molar-refractivity contribution in [2.24, 2.45) is 0 Å². The predicted octanol–water partition coefficient (Wildman–Crippen LogP) is 4.32. The van der Waals surface area contributed by atoms with Gasteiger partial charge in [-0.1, -0.05) is 39.8 Å². The monoisotopic (exact) mass is 364 g/mol. The Morgan fingerprint density at radius 3 is 2.95 bits per heavy atom. The van der Waals surface area contributed by atoms with Crippen molar-refractivity contribution in [2.45, 2.75) is 5.92 Å². The minimum atomic E-state index is -0.515. The van der Waals surface area contributed by atoms with Crippen LogP contribution in [0.15, 0.2) is 45.2 Å². The van der Waals surface area contributed by atoms with Crippen molar-refractivity contribution in [2.75, 3.05) is 0 Å². The van der Waals surface area contributed by atoms with Gasteiger partial charge in [-0.05, 0) is 23.8 Å². The van der Waals surface area contributed by atoms with E-state index < -0.39 is 5.92 Å². The lowest BCUT2D eigenvalue weighted by molar-refractivity contribution is -0.114. The number of carbonyl (C=O) groups is 1. The maximum Gasteiger partial charge on any atom is 0.186 e. The van der Waals surface area contributed by atoms with E-state index in [1.807, 2.05) is 35.7 Å². The number of benzene rings is 1. The lowest BCUT2D eigenvalue weighted by Crippen LogP contribution is -2.11. The maximum atomic E-state index is 12.4. The average molecular weight is 365 g/mol. The quantitative estimate of drug-likeness (QED) is 0.807. The summed E-state index contributed by atoms with van der Waals surface area (Å²) >= 11 is 6.05. The molecule has 0 saturated carbocycles. The Morgan fingerprint density at radius 2 is 2.25 bits per heavy atom. The molecule has 1 unspecified atom stereocenters. The molecule has 1 aliphatic rings. The number of hydrogen-bond donors (Lipinski definition) is 1. The highest BCUT2D eigenvalue weighted by molar-refractivity contribution is 9.10. The van der Waals surface area contributed by atoms with Crippen LogP contribution in [0.3, 0.4) is 0 Å². The van der Waals surface area contributed by atoms with E-state index in [1.54, 1.807) is 6.20 Å². The molecular formula is C14H9BrN2OS2. The van der Waals surface area contributed by atoms with Crippen LogP contribution in [-0.4, -0.2) is 15.8 Å². The molecule has 3 nitrogen and oxygen atoms in total. The summed E-state index contributed by atoms with van der Waals surface area (Å²) < 4.78 is 0.967. The van der Waals surface area contributed by atoms with Gasteiger partial charge >= 0.3 is 0 Å². The Bertz CT molecular complexity index is 710. The third-order valence-corrected chi connectivity index (χ3v) is 5.16. The largest absolute Gasteiger partial charge is 0.297 e. The number of allylic oxidation sites excluding steroid dienone is 1. The number of carbonyl (C=O) groups excluding carboxylic acids is 1. The molecule has 2 heterocycles. The van der Waals surface area contributed by atoms with Crippen molar-refractivity contribution < 1.29 is 4.79 Å². The van der Waals surface area contributed by atoms with Crippen molar-refractivity contribution >= 4 is 55.9 Å². The minimum absolute atomic E-state index is 0.0325. The predicted molar refractivity (Wildman–Crippen MR) is 87.3 cm³/mol. The molecule has 1 atom stereocenters. The molecule has 0 aliphatic carbocycles. The zero-order valence-corrected chi connectivity index (χ0v) is 13.4. The van der Waals surface area contributed by atoms with E-state index in [-0.39, 0.29) is 5.78 Å². The van der Waals surface area contributed by atoms with E-state index in [2.05, 4.69) is 20.9 Å². The average Bonchev–Trinajstić information content (AvgIpc) is 2.99. The summed E-state index contributed by atoms with van der Waals surface area (Å²) in [6, 6.07) is 7.74. The van der Waals surface area contributed by atoms with Gasteiger partial charge in [0.15, 0.2) is 5.78 Å². The number of thiazole rings is 1. The molecule has 1 fully saturated rings. The van der Waals surface area contributed by atoms with Crippen LogP contribution in [0.1, 0.15) is 16.5 Å². The Balaban J connectivity index is 1.94. The first-order valence-corrected chi connectivity index (χ1v) is 8.31. The first-order chi connectivity index (χ1) is 9.65. The topological polar surface area (TPSA) is 53.8 Å². The zero-order chi connectivity index (χ0) is 14.1. The second-order valence-corrected chi connectivity index (χ2v) is 7.12. The molecule has 1 aromatic carbocycles. The van der Waals surface area contributed by atoms with Crippen LogP contribution in [-0.2, 0) is 4.79 Å². The lowest BCUT2D eigenvalue weighted by atomic mass is 10.1. The van der Waals surface area contributed by atoms with Crippen molar-refractivity contribution in [3.63, 3.8) is 0 Å². The van der Waals surface area contributed by atoms with Crippen LogP contribution in [0.5, 0.6) is 0 Å². The van der Waals surface area contributed by atoms with E-state index in [0.29, 0.717) is 15.0 Å². The Hall–Kier alpha value is -1.24. The number of Topliss-reactive ketones (excluding diaryl/α,β-unsaturated/α-hetero) is 1. The highest BCUT2D eigenvalue weighted by Crippen LogP contribution is 2.41. The summed E-state index contributed by atoms with van der Waals surface area (Å²) in [6.07, 6.45) is 3.50. The van der Waals surface area contributed by atoms with Crippen molar-refractivity contribution in [1.29, 1.82) is 5.41 Å². The Labute approximate surface area is 132 Å². The van der Waals surface area contributed by atoms with Gasteiger partial charge in [-0.2, -0.15) is 0 Å². The van der Waals surface area contributed by atoms with E-state index in [9.17, 15) is 4.79 Å². The summed E-state index contributed by atoms with van der Waals surface area (Å²) in [4.78, 5) is 17.2. The standard InChI is InChI=1S/C14H9BrN2OS2/c15-9-3-1-2-8(6-9)7-10-12(18)11(13(16)20-10)14-17-4-5-19-14/h1-7,11,16H. The molecular weight excluding hydrogens is 356 g/mol. The number of aromatic nitrogens is 1. The second-order valence-electron chi connectivity index (χ2n) is 4.20. The number of thioether (sulfide) groups is 1. The molecule has 0 bridgehead atoms. The summed E-state index contributed by atoms with van der Waals surface area (Å²) in [5.41, 5.74) is 0.947. The van der Waals surface area contributed by atoms with Crippen LogP contribution >= 0.6 is 39.0 Å². The molecule has 6 heteroatoms. The van der Waals surface area contributed by atoms with Gasteiger partial charge in [0.05, 0.1) is 9.95 Å². The van der Waals surface area contributed by atoms with Gasteiger partial charge in [0.25, 0.3) is 0 Å². The maximum absolute atomic E-state index is 12.4. The Kier molecular flexibility index (Phi) is 3.87. The minimum Gasteiger partial charge on any atom is -0.297 e. The van der Waals surface area contributed by atoms with Gasteiger partial charge in [0.1, 0.15) is 10.9 Å². The smallest absolute Gasteiger partial charge is 0.186 e. The van der Waals surface area contributed by atoms with E-state index in [0.717, 1.165) is 10.0 Å². The van der Waals surface area contributed by atoms with Crippen LogP contribution in [0, 0.1) is 5.41 Å².